The molecule has 1 aromatic heterocycles. The minimum atomic E-state index is -0.264. The number of nitrogens with one attached hydrogen (secondary N) is 1. The van der Waals surface area contributed by atoms with E-state index in [1.807, 2.05) is 32.0 Å². The topological polar surface area (TPSA) is 51.1 Å². The second-order valence-corrected chi connectivity index (χ2v) is 6.24. The summed E-state index contributed by atoms with van der Waals surface area (Å²) in [7, 11) is 1.73. The minimum Gasteiger partial charge on any atom is -0.348 e. The zero-order chi connectivity index (χ0) is 16.6. The highest BCUT2D eigenvalue weighted by Gasteiger charge is 2.39. The summed E-state index contributed by atoms with van der Waals surface area (Å²) in [5, 5.41) is 3.00. The largest absolute Gasteiger partial charge is 0.348 e. The molecule has 1 aliphatic rings. The van der Waals surface area contributed by atoms with Gasteiger partial charge in [0.2, 0.25) is 0 Å². The number of rotatable bonds is 4. The molecule has 1 saturated carbocycles. The SMILES string of the molecule is CCc1c(C)cc(C(=O)N[C@@H]2C[C@H]2c2ccccc2)c(=O)n1C. The molecule has 0 aliphatic heterocycles. The molecule has 4 nitrogen and oxygen atoms in total. The van der Waals surface area contributed by atoms with E-state index in [0.29, 0.717) is 5.92 Å². The number of aromatic nitrogens is 1. The lowest BCUT2D eigenvalue weighted by molar-refractivity contribution is 0.0948. The lowest BCUT2D eigenvalue weighted by Crippen LogP contribution is -2.35. The molecule has 1 aliphatic carbocycles. The summed E-state index contributed by atoms with van der Waals surface area (Å²) in [6, 6.07) is 12.0. The van der Waals surface area contributed by atoms with Crippen LogP contribution in [0.2, 0.25) is 0 Å². The monoisotopic (exact) mass is 310 g/mol. The van der Waals surface area contributed by atoms with Crippen molar-refractivity contribution < 1.29 is 4.79 Å². The van der Waals surface area contributed by atoms with Crippen LogP contribution in [0.1, 0.15) is 46.4 Å². The highest BCUT2D eigenvalue weighted by Crippen LogP contribution is 2.40. The van der Waals surface area contributed by atoms with Crippen molar-refractivity contribution in [1.29, 1.82) is 0 Å². The van der Waals surface area contributed by atoms with E-state index < -0.39 is 0 Å². The van der Waals surface area contributed by atoms with Crippen LogP contribution in [-0.2, 0) is 13.5 Å². The van der Waals surface area contributed by atoms with Crippen LogP contribution in [0.25, 0.3) is 0 Å². The molecule has 4 heteroatoms. The van der Waals surface area contributed by atoms with Gasteiger partial charge in [-0.3, -0.25) is 9.59 Å². The Morgan fingerprint density at radius 2 is 2.00 bits per heavy atom. The van der Waals surface area contributed by atoms with E-state index in [1.165, 1.54) is 5.56 Å². The van der Waals surface area contributed by atoms with Crippen molar-refractivity contribution in [3.05, 3.63) is 69.1 Å². The highest BCUT2D eigenvalue weighted by atomic mass is 16.2. The van der Waals surface area contributed by atoms with E-state index in [9.17, 15) is 9.59 Å². The Labute approximate surface area is 136 Å². The van der Waals surface area contributed by atoms with Gasteiger partial charge < -0.3 is 9.88 Å². The molecule has 1 heterocycles. The van der Waals surface area contributed by atoms with Gasteiger partial charge in [-0.15, -0.1) is 0 Å². The maximum absolute atomic E-state index is 12.5. The summed E-state index contributed by atoms with van der Waals surface area (Å²) < 4.78 is 1.59. The van der Waals surface area contributed by atoms with Crippen molar-refractivity contribution in [2.24, 2.45) is 7.05 Å². The van der Waals surface area contributed by atoms with Crippen molar-refractivity contribution in [3.8, 4) is 0 Å². The molecule has 0 unspecified atom stereocenters. The Bertz CT molecular complexity index is 793. The van der Waals surface area contributed by atoms with Gasteiger partial charge >= 0.3 is 0 Å². The third-order valence-electron chi connectivity index (χ3n) is 4.67. The minimum absolute atomic E-state index is 0.126. The Balaban J connectivity index is 1.77. The summed E-state index contributed by atoms with van der Waals surface area (Å²) in [4.78, 5) is 24.9. The van der Waals surface area contributed by atoms with Crippen molar-refractivity contribution in [2.45, 2.75) is 38.6 Å². The van der Waals surface area contributed by atoms with Crippen molar-refractivity contribution in [1.82, 2.24) is 9.88 Å². The predicted molar refractivity (Wildman–Crippen MR) is 90.9 cm³/mol. The second-order valence-electron chi connectivity index (χ2n) is 6.24. The molecule has 23 heavy (non-hydrogen) atoms. The Morgan fingerprint density at radius 3 is 2.65 bits per heavy atom. The van der Waals surface area contributed by atoms with Gasteiger partial charge in [0.1, 0.15) is 5.56 Å². The number of pyridine rings is 1. The standard InChI is InChI=1S/C19H22N2O2/c1-4-17-12(2)10-15(19(23)21(17)3)18(22)20-16-11-14(16)13-8-6-5-7-9-13/h5-10,14,16H,4,11H2,1-3H3,(H,20,22)/t14-,16+/m0/s1. The lowest BCUT2D eigenvalue weighted by Gasteiger charge is -2.12. The van der Waals surface area contributed by atoms with Gasteiger partial charge in [-0.1, -0.05) is 37.3 Å². The fourth-order valence-corrected chi connectivity index (χ4v) is 3.28. The molecule has 2 atom stereocenters. The number of benzene rings is 1. The first-order valence-electron chi connectivity index (χ1n) is 8.08. The predicted octanol–water partition coefficient (Wildman–Crippen LogP) is 2.54. The smallest absolute Gasteiger partial charge is 0.263 e. The van der Waals surface area contributed by atoms with Crippen molar-refractivity contribution in [3.63, 3.8) is 0 Å². The quantitative estimate of drug-likeness (QED) is 0.943. The number of carbonyl (C=O) groups is 1. The maximum atomic E-state index is 12.5. The summed E-state index contributed by atoms with van der Waals surface area (Å²) >= 11 is 0. The number of aryl methyl sites for hydroxylation is 1. The second kappa shape index (κ2) is 6.03. The van der Waals surface area contributed by atoms with E-state index in [2.05, 4.69) is 17.4 Å². The first-order chi connectivity index (χ1) is 11.0. The molecule has 1 N–H and O–H groups in total. The zero-order valence-electron chi connectivity index (χ0n) is 13.8. The van der Waals surface area contributed by atoms with E-state index >= 15 is 0 Å². The van der Waals surface area contributed by atoms with Crippen LogP contribution in [0, 0.1) is 6.92 Å². The molecule has 2 aromatic rings. The normalized spacial score (nSPS) is 19.4. The molecule has 3 rings (SSSR count). The van der Waals surface area contributed by atoms with E-state index in [4.69, 9.17) is 0 Å². The van der Waals surface area contributed by atoms with Gasteiger partial charge in [0.05, 0.1) is 0 Å². The van der Waals surface area contributed by atoms with Crippen molar-refractivity contribution in [2.75, 3.05) is 0 Å². The maximum Gasteiger partial charge on any atom is 0.263 e. The average Bonchev–Trinajstić information content (AvgIpc) is 3.31. The van der Waals surface area contributed by atoms with Crippen LogP contribution in [0.3, 0.4) is 0 Å². The third-order valence-corrected chi connectivity index (χ3v) is 4.67. The van der Waals surface area contributed by atoms with Crippen LogP contribution in [0.15, 0.2) is 41.2 Å². The summed E-state index contributed by atoms with van der Waals surface area (Å²) in [6.07, 6.45) is 1.71. The van der Waals surface area contributed by atoms with Gasteiger partial charge in [-0.2, -0.15) is 0 Å². The molecule has 120 valence electrons. The van der Waals surface area contributed by atoms with Gasteiger partial charge in [0, 0.05) is 24.7 Å². The molecule has 1 fully saturated rings. The fourth-order valence-electron chi connectivity index (χ4n) is 3.28. The molecule has 0 saturated heterocycles. The molecular formula is C19H22N2O2. The van der Waals surface area contributed by atoms with Crippen LogP contribution in [0.4, 0.5) is 0 Å². The number of amides is 1. The van der Waals surface area contributed by atoms with E-state index in [-0.39, 0.29) is 23.1 Å². The van der Waals surface area contributed by atoms with Crippen LogP contribution in [-0.4, -0.2) is 16.5 Å². The first-order valence-corrected chi connectivity index (χ1v) is 8.08. The number of hydrogen-bond acceptors (Lipinski definition) is 2. The molecular weight excluding hydrogens is 288 g/mol. The summed E-state index contributed by atoms with van der Waals surface area (Å²) in [6.45, 7) is 3.95. The summed E-state index contributed by atoms with van der Waals surface area (Å²) in [5.41, 5.74) is 3.21. The van der Waals surface area contributed by atoms with Gasteiger partial charge in [0.15, 0.2) is 0 Å². The van der Waals surface area contributed by atoms with E-state index in [0.717, 1.165) is 24.1 Å². The van der Waals surface area contributed by atoms with Crippen molar-refractivity contribution >= 4 is 5.91 Å². The Hall–Kier alpha value is -2.36. The number of carbonyl (C=O) groups excluding carboxylic acids is 1. The van der Waals surface area contributed by atoms with Crippen LogP contribution < -0.4 is 10.9 Å². The Morgan fingerprint density at radius 1 is 1.30 bits per heavy atom. The third kappa shape index (κ3) is 2.93. The van der Waals surface area contributed by atoms with Gasteiger partial charge in [0.25, 0.3) is 11.5 Å². The van der Waals surface area contributed by atoms with Gasteiger partial charge in [-0.25, -0.2) is 0 Å². The Kier molecular flexibility index (Phi) is 4.07. The average molecular weight is 310 g/mol. The molecule has 0 radical (unpaired) electrons. The molecule has 0 bridgehead atoms. The summed E-state index contributed by atoms with van der Waals surface area (Å²) in [5.74, 6) is 0.0970. The first kappa shape index (κ1) is 15.5. The number of nitrogens with zero attached hydrogens (tertiary/aromatic N) is 1. The molecule has 1 aromatic carbocycles. The fraction of sp³-hybridized carbons (Fsp3) is 0.368. The van der Waals surface area contributed by atoms with E-state index in [1.54, 1.807) is 17.7 Å². The molecule has 1 amide bonds. The zero-order valence-corrected chi connectivity index (χ0v) is 13.8. The highest BCUT2D eigenvalue weighted by molar-refractivity contribution is 5.94. The number of hydrogen-bond donors (Lipinski definition) is 1. The van der Waals surface area contributed by atoms with Crippen LogP contribution in [0.5, 0.6) is 0 Å². The molecule has 0 spiro atoms. The lowest BCUT2D eigenvalue weighted by atomic mass is 10.1. The van der Waals surface area contributed by atoms with Gasteiger partial charge in [-0.05, 0) is 37.0 Å². The van der Waals surface area contributed by atoms with Crippen LogP contribution >= 0.6 is 0 Å².